The second-order valence-electron chi connectivity index (χ2n) is 5.28. The fourth-order valence-corrected chi connectivity index (χ4v) is 4.19. The number of hydrogen-bond donors (Lipinski definition) is 0. The van der Waals surface area contributed by atoms with Crippen molar-refractivity contribution in [3.05, 3.63) is 0 Å². The zero-order valence-electron chi connectivity index (χ0n) is 10.2. The molecule has 0 aromatic rings. The van der Waals surface area contributed by atoms with Gasteiger partial charge in [-0.25, -0.2) is 8.42 Å². The number of carbonyl (C=O) groups is 1. The molecule has 4 nitrogen and oxygen atoms in total. The maximum atomic E-state index is 11.8. The van der Waals surface area contributed by atoms with Crippen molar-refractivity contribution in [2.45, 2.75) is 37.4 Å². The van der Waals surface area contributed by atoms with E-state index in [0.717, 1.165) is 19.3 Å². The number of sulfone groups is 1. The van der Waals surface area contributed by atoms with Crippen LogP contribution in [-0.4, -0.2) is 38.9 Å². The summed E-state index contributed by atoms with van der Waals surface area (Å²) in [5.74, 6) is 0.403. The van der Waals surface area contributed by atoms with E-state index in [2.05, 4.69) is 0 Å². The smallest absolute Gasteiger partial charge is 0.150 e. The molecule has 5 heteroatoms. The second-order valence-corrected chi connectivity index (χ2v) is 7.60. The summed E-state index contributed by atoms with van der Waals surface area (Å²) in [6.07, 6.45) is 5.05. The van der Waals surface area contributed by atoms with Crippen molar-refractivity contribution in [2.24, 2.45) is 11.8 Å². The van der Waals surface area contributed by atoms with Gasteiger partial charge >= 0.3 is 0 Å². The lowest BCUT2D eigenvalue weighted by Gasteiger charge is -2.34. The van der Waals surface area contributed by atoms with Gasteiger partial charge in [0.1, 0.15) is 15.6 Å². The summed E-state index contributed by atoms with van der Waals surface area (Å²) in [5, 5.41) is -0.254. The minimum absolute atomic E-state index is 0.0618. The molecule has 0 N–H and O–H groups in total. The molecule has 2 aliphatic rings. The topological polar surface area (TPSA) is 60.4 Å². The molecule has 1 aliphatic heterocycles. The van der Waals surface area contributed by atoms with Crippen LogP contribution in [0, 0.1) is 11.8 Å². The highest BCUT2D eigenvalue weighted by Crippen LogP contribution is 2.35. The van der Waals surface area contributed by atoms with Crippen molar-refractivity contribution in [3.63, 3.8) is 0 Å². The van der Waals surface area contributed by atoms with Crippen LogP contribution in [0.5, 0.6) is 0 Å². The Morgan fingerprint density at radius 3 is 2.71 bits per heavy atom. The molecule has 0 amide bonds. The molecule has 1 saturated carbocycles. The molecule has 98 valence electrons. The van der Waals surface area contributed by atoms with Gasteiger partial charge in [-0.05, 0) is 25.2 Å². The van der Waals surface area contributed by atoms with E-state index < -0.39 is 9.84 Å². The first-order valence-corrected chi connectivity index (χ1v) is 8.23. The average Bonchev–Trinajstić information content (AvgIpc) is 2.29. The SMILES string of the molecule is CS(=O)(=O)C1CCCC(C2COCCC2=O)C1. The van der Waals surface area contributed by atoms with Gasteiger partial charge < -0.3 is 4.74 Å². The summed E-state index contributed by atoms with van der Waals surface area (Å²) in [7, 11) is -2.97. The first-order chi connectivity index (χ1) is 7.98. The van der Waals surface area contributed by atoms with E-state index in [4.69, 9.17) is 4.74 Å². The van der Waals surface area contributed by atoms with Crippen molar-refractivity contribution in [1.29, 1.82) is 0 Å². The molecule has 1 saturated heterocycles. The van der Waals surface area contributed by atoms with E-state index in [0.29, 0.717) is 26.1 Å². The number of ether oxygens (including phenoxy) is 1. The molecular weight excluding hydrogens is 240 g/mol. The lowest BCUT2D eigenvalue weighted by Crippen LogP contribution is -2.38. The van der Waals surface area contributed by atoms with Crippen molar-refractivity contribution < 1.29 is 17.9 Å². The maximum absolute atomic E-state index is 11.8. The Labute approximate surface area is 103 Å². The van der Waals surface area contributed by atoms with E-state index in [1.807, 2.05) is 0 Å². The third kappa shape index (κ3) is 3.07. The van der Waals surface area contributed by atoms with Crippen molar-refractivity contribution in [2.75, 3.05) is 19.5 Å². The molecule has 1 heterocycles. The number of ketones is 1. The van der Waals surface area contributed by atoms with E-state index in [1.165, 1.54) is 6.26 Å². The first kappa shape index (κ1) is 13.0. The van der Waals surface area contributed by atoms with Gasteiger partial charge in [-0.3, -0.25) is 4.79 Å². The third-order valence-electron chi connectivity index (χ3n) is 4.04. The van der Waals surface area contributed by atoms with Crippen LogP contribution in [0.15, 0.2) is 0 Å². The standard InChI is InChI=1S/C12H20O4S/c1-17(14,15)10-4-2-3-9(7-10)11-8-16-6-5-12(11)13/h9-11H,2-8H2,1H3. The third-order valence-corrected chi connectivity index (χ3v) is 5.68. The molecule has 0 radical (unpaired) electrons. The Morgan fingerprint density at radius 1 is 1.29 bits per heavy atom. The zero-order chi connectivity index (χ0) is 12.5. The fourth-order valence-electron chi connectivity index (χ4n) is 3.00. The van der Waals surface area contributed by atoms with E-state index in [9.17, 15) is 13.2 Å². The van der Waals surface area contributed by atoms with Gasteiger partial charge in [0.2, 0.25) is 0 Å². The molecule has 2 rings (SSSR count). The molecule has 0 aromatic carbocycles. The van der Waals surface area contributed by atoms with Gasteiger partial charge in [-0.2, -0.15) is 0 Å². The highest BCUT2D eigenvalue weighted by atomic mass is 32.2. The van der Waals surface area contributed by atoms with Crippen LogP contribution in [0.25, 0.3) is 0 Å². The van der Waals surface area contributed by atoms with Crippen LogP contribution in [0.4, 0.5) is 0 Å². The number of rotatable bonds is 2. The van der Waals surface area contributed by atoms with Crippen LogP contribution < -0.4 is 0 Å². The van der Waals surface area contributed by atoms with E-state index in [1.54, 1.807) is 0 Å². The van der Waals surface area contributed by atoms with Gasteiger partial charge in [0.25, 0.3) is 0 Å². The van der Waals surface area contributed by atoms with Crippen LogP contribution >= 0.6 is 0 Å². The minimum Gasteiger partial charge on any atom is -0.380 e. The van der Waals surface area contributed by atoms with Gasteiger partial charge in [0.05, 0.1) is 18.5 Å². The fraction of sp³-hybridized carbons (Fsp3) is 0.917. The van der Waals surface area contributed by atoms with Gasteiger partial charge in [0.15, 0.2) is 0 Å². The Kier molecular flexibility index (Phi) is 3.88. The van der Waals surface area contributed by atoms with Gasteiger partial charge in [-0.1, -0.05) is 6.42 Å². The Balaban J connectivity index is 2.04. The zero-order valence-corrected chi connectivity index (χ0v) is 11.0. The van der Waals surface area contributed by atoms with Crippen LogP contribution in [-0.2, 0) is 19.4 Å². The molecule has 3 unspecified atom stereocenters. The summed E-state index contributed by atoms with van der Waals surface area (Å²) in [5.41, 5.74) is 0. The molecule has 3 atom stereocenters. The molecule has 17 heavy (non-hydrogen) atoms. The quantitative estimate of drug-likeness (QED) is 0.748. The van der Waals surface area contributed by atoms with Crippen LogP contribution in [0.3, 0.4) is 0 Å². The lowest BCUT2D eigenvalue weighted by atomic mass is 9.77. The van der Waals surface area contributed by atoms with E-state index >= 15 is 0 Å². The van der Waals surface area contributed by atoms with Crippen molar-refractivity contribution in [3.8, 4) is 0 Å². The average molecular weight is 260 g/mol. The molecular formula is C12H20O4S. The van der Waals surface area contributed by atoms with E-state index in [-0.39, 0.29) is 22.9 Å². The predicted molar refractivity (Wildman–Crippen MR) is 64.5 cm³/mol. The molecule has 0 spiro atoms. The van der Waals surface area contributed by atoms with Crippen LogP contribution in [0.1, 0.15) is 32.1 Å². The van der Waals surface area contributed by atoms with Crippen molar-refractivity contribution in [1.82, 2.24) is 0 Å². The van der Waals surface area contributed by atoms with Gasteiger partial charge in [0, 0.05) is 18.6 Å². The number of carbonyl (C=O) groups excluding carboxylic acids is 1. The Hall–Kier alpha value is -0.420. The Morgan fingerprint density at radius 2 is 2.06 bits per heavy atom. The first-order valence-electron chi connectivity index (χ1n) is 6.28. The minimum atomic E-state index is -2.97. The summed E-state index contributed by atoms with van der Waals surface area (Å²) in [6.45, 7) is 1.01. The highest BCUT2D eigenvalue weighted by molar-refractivity contribution is 7.91. The summed E-state index contributed by atoms with van der Waals surface area (Å²) < 4.78 is 28.5. The molecule has 0 aromatic heterocycles. The summed E-state index contributed by atoms with van der Waals surface area (Å²) in [6, 6.07) is 0. The molecule has 0 bridgehead atoms. The Bertz CT molecular complexity index is 387. The number of Topliss-reactive ketones (excluding diaryl/α,β-unsaturated/α-hetero) is 1. The second kappa shape index (κ2) is 5.06. The summed E-state index contributed by atoms with van der Waals surface area (Å²) in [4.78, 5) is 11.8. The lowest BCUT2D eigenvalue weighted by molar-refractivity contribution is -0.133. The normalized spacial score (nSPS) is 35.8. The predicted octanol–water partition coefficient (Wildman–Crippen LogP) is 1.20. The summed E-state index contributed by atoms with van der Waals surface area (Å²) >= 11 is 0. The van der Waals surface area contributed by atoms with Crippen LogP contribution in [0.2, 0.25) is 0 Å². The van der Waals surface area contributed by atoms with Gasteiger partial charge in [-0.15, -0.1) is 0 Å². The number of hydrogen-bond acceptors (Lipinski definition) is 4. The monoisotopic (exact) mass is 260 g/mol. The largest absolute Gasteiger partial charge is 0.380 e. The highest BCUT2D eigenvalue weighted by Gasteiger charge is 2.37. The maximum Gasteiger partial charge on any atom is 0.150 e. The molecule has 1 aliphatic carbocycles. The molecule has 2 fully saturated rings. The van der Waals surface area contributed by atoms with Crippen molar-refractivity contribution >= 4 is 15.6 Å².